The molecule has 19 heavy (non-hydrogen) atoms. The number of benzene rings is 2. The molecule has 2 aromatic rings. The van der Waals surface area contributed by atoms with Gasteiger partial charge in [0.2, 0.25) is 0 Å². The fourth-order valence-electron chi connectivity index (χ4n) is 1.53. The van der Waals surface area contributed by atoms with Crippen LogP contribution in [0.3, 0.4) is 0 Å². The van der Waals surface area contributed by atoms with Crippen molar-refractivity contribution in [3.8, 4) is 11.5 Å². The molecule has 0 aliphatic carbocycles. The second-order valence-electron chi connectivity index (χ2n) is 4.04. The molecule has 0 heterocycles. The van der Waals surface area contributed by atoms with Gasteiger partial charge in [0.25, 0.3) is 0 Å². The molecule has 0 aromatic heterocycles. The first-order valence-corrected chi connectivity index (χ1v) is 7.51. The Balaban J connectivity index is 2.03. The molecule has 2 aromatic carbocycles. The summed E-state index contributed by atoms with van der Waals surface area (Å²) in [6.07, 6.45) is 1.00. The lowest BCUT2D eigenvalue weighted by Gasteiger charge is -2.08. The minimum Gasteiger partial charge on any atom is -0.489 e. The predicted molar refractivity (Wildman–Crippen MR) is 72.7 cm³/mol. The molecular formula is C14H14O4S. The lowest BCUT2D eigenvalue weighted by molar-refractivity contribution is 0.305. The molecule has 0 saturated heterocycles. The van der Waals surface area contributed by atoms with Crippen molar-refractivity contribution in [2.45, 2.75) is 6.61 Å². The average Bonchev–Trinajstić information content (AvgIpc) is 2.36. The van der Waals surface area contributed by atoms with Crippen molar-refractivity contribution in [1.29, 1.82) is 0 Å². The van der Waals surface area contributed by atoms with E-state index in [0.717, 1.165) is 11.8 Å². The molecule has 100 valence electrons. The maximum Gasteiger partial charge on any atom is 0.306 e. The molecule has 0 saturated carbocycles. The summed E-state index contributed by atoms with van der Waals surface area (Å²) < 4.78 is 32.4. The van der Waals surface area contributed by atoms with Gasteiger partial charge in [0.15, 0.2) is 0 Å². The van der Waals surface area contributed by atoms with Crippen LogP contribution in [0.5, 0.6) is 11.5 Å². The molecule has 0 fully saturated rings. The maximum absolute atomic E-state index is 11.0. The first kappa shape index (κ1) is 13.4. The van der Waals surface area contributed by atoms with E-state index in [1.807, 2.05) is 30.3 Å². The SMILES string of the molecule is CS(=O)(=O)Oc1cccc(OCc2ccccc2)c1. The molecule has 0 aliphatic heterocycles. The molecule has 0 spiro atoms. The average molecular weight is 278 g/mol. The summed E-state index contributed by atoms with van der Waals surface area (Å²) >= 11 is 0. The third-order valence-corrected chi connectivity index (χ3v) is 2.80. The van der Waals surface area contributed by atoms with E-state index in [2.05, 4.69) is 0 Å². The van der Waals surface area contributed by atoms with Crippen molar-refractivity contribution >= 4 is 10.1 Å². The van der Waals surface area contributed by atoms with Gasteiger partial charge < -0.3 is 8.92 Å². The summed E-state index contributed by atoms with van der Waals surface area (Å²) in [5.41, 5.74) is 1.04. The number of ether oxygens (including phenoxy) is 1. The predicted octanol–water partition coefficient (Wildman–Crippen LogP) is 2.60. The molecule has 5 heteroatoms. The highest BCUT2D eigenvalue weighted by atomic mass is 32.2. The Morgan fingerprint density at radius 3 is 2.32 bits per heavy atom. The molecule has 0 aliphatic rings. The second kappa shape index (κ2) is 5.75. The van der Waals surface area contributed by atoms with Gasteiger partial charge in [0, 0.05) is 6.07 Å². The molecule has 4 nitrogen and oxygen atoms in total. The molecule has 0 radical (unpaired) electrons. The fraction of sp³-hybridized carbons (Fsp3) is 0.143. The molecule has 0 atom stereocenters. The van der Waals surface area contributed by atoms with Gasteiger partial charge in [-0.15, -0.1) is 0 Å². The molecule has 2 rings (SSSR count). The van der Waals surface area contributed by atoms with Gasteiger partial charge in [-0.05, 0) is 17.7 Å². The quantitative estimate of drug-likeness (QED) is 0.789. The lowest BCUT2D eigenvalue weighted by atomic mass is 10.2. The summed E-state index contributed by atoms with van der Waals surface area (Å²) in [5.74, 6) is 0.804. The summed E-state index contributed by atoms with van der Waals surface area (Å²) in [6, 6.07) is 16.3. The van der Waals surface area contributed by atoms with Crippen molar-refractivity contribution < 1.29 is 17.3 Å². The van der Waals surface area contributed by atoms with E-state index < -0.39 is 10.1 Å². The Bertz CT molecular complexity index is 636. The van der Waals surface area contributed by atoms with Crippen molar-refractivity contribution in [3.05, 3.63) is 60.2 Å². The van der Waals surface area contributed by atoms with Crippen LogP contribution in [0.2, 0.25) is 0 Å². The summed E-state index contributed by atoms with van der Waals surface area (Å²) in [7, 11) is -3.52. The van der Waals surface area contributed by atoms with Crippen LogP contribution < -0.4 is 8.92 Å². The van der Waals surface area contributed by atoms with E-state index in [4.69, 9.17) is 8.92 Å². The number of hydrogen-bond donors (Lipinski definition) is 0. The largest absolute Gasteiger partial charge is 0.489 e. The van der Waals surface area contributed by atoms with E-state index in [1.54, 1.807) is 24.3 Å². The van der Waals surface area contributed by atoms with Crippen LogP contribution in [-0.4, -0.2) is 14.7 Å². The van der Waals surface area contributed by atoms with E-state index in [1.165, 1.54) is 0 Å². The zero-order valence-electron chi connectivity index (χ0n) is 10.4. The van der Waals surface area contributed by atoms with E-state index in [0.29, 0.717) is 12.4 Å². The van der Waals surface area contributed by atoms with Crippen LogP contribution in [0.25, 0.3) is 0 Å². The monoisotopic (exact) mass is 278 g/mol. The number of hydrogen-bond acceptors (Lipinski definition) is 4. The number of rotatable bonds is 5. The summed E-state index contributed by atoms with van der Waals surface area (Å²) in [6.45, 7) is 0.420. The van der Waals surface area contributed by atoms with Crippen molar-refractivity contribution in [3.63, 3.8) is 0 Å². The smallest absolute Gasteiger partial charge is 0.306 e. The third kappa shape index (κ3) is 4.63. The first-order chi connectivity index (χ1) is 9.03. The van der Waals surface area contributed by atoms with E-state index >= 15 is 0 Å². The van der Waals surface area contributed by atoms with Crippen LogP contribution in [0.1, 0.15) is 5.56 Å². The second-order valence-corrected chi connectivity index (χ2v) is 5.61. The van der Waals surface area contributed by atoms with Crippen LogP contribution in [0.15, 0.2) is 54.6 Å². The Morgan fingerprint density at radius 2 is 1.63 bits per heavy atom. The van der Waals surface area contributed by atoms with Gasteiger partial charge in [-0.1, -0.05) is 36.4 Å². The van der Waals surface area contributed by atoms with Gasteiger partial charge in [-0.3, -0.25) is 0 Å². The zero-order valence-corrected chi connectivity index (χ0v) is 11.3. The highest BCUT2D eigenvalue weighted by molar-refractivity contribution is 7.86. The highest BCUT2D eigenvalue weighted by Crippen LogP contribution is 2.21. The standard InChI is InChI=1S/C14H14O4S/c1-19(15,16)18-14-9-5-8-13(10-14)17-11-12-6-3-2-4-7-12/h2-10H,11H2,1H3. The van der Waals surface area contributed by atoms with Crippen LogP contribution in [0, 0.1) is 0 Å². The third-order valence-electron chi connectivity index (χ3n) is 2.30. The van der Waals surface area contributed by atoms with Gasteiger partial charge >= 0.3 is 10.1 Å². The van der Waals surface area contributed by atoms with E-state index in [-0.39, 0.29) is 5.75 Å². The molecule has 0 bridgehead atoms. The zero-order chi connectivity index (χ0) is 13.7. The maximum atomic E-state index is 11.0. The van der Waals surface area contributed by atoms with Crippen LogP contribution in [0.4, 0.5) is 0 Å². The Hall–Kier alpha value is -2.01. The summed E-state index contributed by atoms with van der Waals surface area (Å²) in [5, 5.41) is 0. The Kier molecular flexibility index (Phi) is 4.06. The van der Waals surface area contributed by atoms with Gasteiger partial charge in [-0.2, -0.15) is 8.42 Å². The Labute approximate surface area is 112 Å². The van der Waals surface area contributed by atoms with E-state index in [9.17, 15) is 8.42 Å². The van der Waals surface area contributed by atoms with Gasteiger partial charge in [-0.25, -0.2) is 0 Å². The van der Waals surface area contributed by atoms with Gasteiger partial charge in [0.1, 0.15) is 18.1 Å². The van der Waals surface area contributed by atoms with Crippen LogP contribution >= 0.6 is 0 Å². The first-order valence-electron chi connectivity index (χ1n) is 5.69. The fourth-order valence-corrected chi connectivity index (χ4v) is 1.98. The minimum atomic E-state index is -3.52. The highest BCUT2D eigenvalue weighted by Gasteiger charge is 2.05. The van der Waals surface area contributed by atoms with Crippen molar-refractivity contribution in [2.75, 3.05) is 6.26 Å². The van der Waals surface area contributed by atoms with Crippen LogP contribution in [-0.2, 0) is 16.7 Å². The topological polar surface area (TPSA) is 52.6 Å². The van der Waals surface area contributed by atoms with Crippen molar-refractivity contribution in [1.82, 2.24) is 0 Å². The molecule has 0 amide bonds. The van der Waals surface area contributed by atoms with Gasteiger partial charge in [0.05, 0.1) is 6.26 Å². The lowest BCUT2D eigenvalue weighted by Crippen LogP contribution is -2.05. The normalized spacial score (nSPS) is 11.0. The van der Waals surface area contributed by atoms with Crippen molar-refractivity contribution in [2.24, 2.45) is 0 Å². The molecule has 0 unspecified atom stereocenters. The summed E-state index contributed by atoms with van der Waals surface area (Å²) in [4.78, 5) is 0. The molecule has 0 N–H and O–H groups in total. The Morgan fingerprint density at radius 1 is 0.947 bits per heavy atom. The minimum absolute atomic E-state index is 0.244. The molecular weight excluding hydrogens is 264 g/mol.